The van der Waals surface area contributed by atoms with Crippen molar-refractivity contribution in [1.29, 1.82) is 0 Å². The standard InChI is InChI=1S/C19H28O3/c1-17-8-6-13-11(12(17)3-4-15(17)21)5-10-19-16(22-19)14(20)7-9-18(13,19)2/h11-13,15-16,21H,3-10H2,1-2H3/t11-,12-,13-,15?,16?,17?,18?,19+/m0/s1. The maximum absolute atomic E-state index is 12.1. The van der Waals surface area contributed by atoms with E-state index < -0.39 is 0 Å². The van der Waals surface area contributed by atoms with Crippen LogP contribution in [0.1, 0.15) is 65.2 Å². The molecule has 0 aromatic heterocycles. The second kappa shape index (κ2) is 3.97. The van der Waals surface area contributed by atoms with Gasteiger partial charge in [-0.05, 0) is 68.1 Å². The highest BCUT2D eigenvalue weighted by Crippen LogP contribution is 2.72. The van der Waals surface area contributed by atoms with Crippen LogP contribution in [0.2, 0.25) is 0 Å². The van der Waals surface area contributed by atoms with Gasteiger partial charge in [0.15, 0.2) is 5.78 Å². The molecular formula is C19H28O3. The SMILES string of the molecule is CC12CC[C@H]3[C@@H](CC[C@@]45OC4C(=O)CCC35C)[C@@H]1CCC2O. The van der Waals surface area contributed by atoms with Crippen LogP contribution in [0.15, 0.2) is 0 Å². The summed E-state index contributed by atoms with van der Waals surface area (Å²) >= 11 is 0. The minimum atomic E-state index is -0.103. The highest BCUT2D eigenvalue weighted by Gasteiger charge is 2.76. The molecule has 4 aliphatic carbocycles. The predicted octanol–water partition coefficient (Wildman–Crippen LogP) is 3.09. The second-order valence-electron chi connectivity index (χ2n) is 9.32. The number of ketones is 1. The highest BCUT2D eigenvalue weighted by atomic mass is 16.6. The summed E-state index contributed by atoms with van der Waals surface area (Å²) in [5.41, 5.74) is 0.244. The molecule has 0 aromatic carbocycles. The molecule has 0 aromatic rings. The van der Waals surface area contributed by atoms with Crippen molar-refractivity contribution in [3.05, 3.63) is 0 Å². The summed E-state index contributed by atoms with van der Waals surface area (Å²) in [6, 6.07) is 0. The first-order valence-corrected chi connectivity index (χ1v) is 9.31. The molecule has 22 heavy (non-hydrogen) atoms. The van der Waals surface area contributed by atoms with Crippen molar-refractivity contribution in [2.75, 3.05) is 0 Å². The number of ether oxygens (including phenoxy) is 1. The normalized spacial score (nSPS) is 62.7. The molecule has 1 spiro atoms. The average molecular weight is 304 g/mol. The summed E-state index contributed by atoms with van der Waals surface area (Å²) in [5, 5.41) is 10.5. The number of aliphatic hydroxyl groups excluding tert-OH is 1. The van der Waals surface area contributed by atoms with Crippen molar-refractivity contribution in [3.8, 4) is 0 Å². The van der Waals surface area contributed by atoms with Gasteiger partial charge in [-0.25, -0.2) is 0 Å². The van der Waals surface area contributed by atoms with Crippen LogP contribution in [0.3, 0.4) is 0 Å². The van der Waals surface area contributed by atoms with Crippen molar-refractivity contribution < 1.29 is 14.6 Å². The Morgan fingerprint density at radius 3 is 2.68 bits per heavy atom. The minimum absolute atomic E-state index is 0.0744. The quantitative estimate of drug-likeness (QED) is 0.700. The summed E-state index contributed by atoms with van der Waals surface area (Å²) in [7, 11) is 0. The van der Waals surface area contributed by atoms with Crippen molar-refractivity contribution in [3.63, 3.8) is 0 Å². The van der Waals surface area contributed by atoms with Gasteiger partial charge >= 0.3 is 0 Å². The molecule has 1 heterocycles. The fraction of sp³-hybridized carbons (Fsp3) is 0.947. The van der Waals surface area contributed by atoms with Crippen LogP contribution in [0.4, 0.5) is 0 Å². The molecule has 5 rings (SSSR count). The molecule has 0 bridgehead atoms. The molecule has 8 atom stereocenters. The Morgan fingerprint density at radius 1 is 1.05 bits per heavy atom. The van der Waals surface area contributed by atoms with E-state index >= 15 is 0 Å². The van der Waals surface area contributed by atoms with E-state index in [0.29, 0.717) is 17.6 Å². The van der Waals surface area contributed by atoms with E-state index in [4.69, 9.17) is 4.74 Å². The summed E-state index contributed by atoms with van der Waals surface area (Å²) in [6.45, 7) is 4.75. The maximum Gasteiger partial charge on any atom is 0.164 e. The number of carbonyl (C=O) groups excluding carboxylic acids is 1. The van der Waals surface area contributed by atoms with E-state index in [2.05, 4.69) is 13.8 Å². The fourth-order valence-electron chi connectivity index (χ4n) is 7.47. The molecule has 1 N–H and O–H groups in total. The molecular weight excluding hydrogens is 276 g/mol. The number of hydrogen-bond acceptors (Lipinski definition) is 3. The highest BCUT2D eigenvalue weighted by molar-refractivity contribution is 5.88. The van der Waals surface area contributed by atoms with E-state index in [0.717, 1.165) is 38.0 Å². The van der Waals surface area contributed by atoms with Gasteiger partial charge in [0.2, 0.25) is 0 Å². The van der Waals surface area contributed by atoms with Crippen molar-refractivity contribution in [1.82, 2.24) is 0 Å². The molecule has 1 aliphatic heterocycles. The molecule has 4 unspecified atom stereocenters. The average Bonchev–Trinajstić information content (AvgIpc) is 3.17. The minimum Gasteiger partial charge on any atom is -0.393 e. The van der Waals surface area contributed by atoms with Crippen LogP contribution in [0.25, 0.3) is 0 Å². The van der Waals surface area contributed by atoms with Gasteiger partial charge in [0, 0.05) is 11.8 Å². The van der Waals surface area contributed by atoms with Crippen LogP contribution in [-0.4, -0.2) is 28.7 Å². The molecule has 122 valence electrons. The summed E-state index contributed by atoms with van der Waals surface area (Å²) in [5.74, 6) is 2.48. The van der Waals surface area contributed by atoms with Gasteiger partial charge in [-0.1, -0.05) is 13.8 Å². The van der Waals surface area contributed by atoms with Gasteiger partial charge in [-0.2, -0.15) is 0 Å². The largest absolute Gasteiger partial charge is 0.393 e. The predicted molar refractivity (Wildman–Crippen MR) is 82.2 cm³/mol. The van der Waals surface area contributed by atoms with E-state index in [1.54, 1.807) is 0 Å². The van der Waals surface area contributed by atoms with E-state index in [1.165, 1.54) is 19.3 Å². The van der Waals surface area contributed by atoms with E-state index in [1.807, 2.05) is 0 Å². The summed E-state index contributed by atoms with van der Waals surface area (Å²) in [4.78, 5) is 12.1. The van der Waals surface area contributed by atoms with E-state index in [-0.39, 0.29) is 28.6 Å². The van der Waals surface area contributed by atoms with Gasteiger partial charge in [0.05, 0.1) is 6.10 Å². The number of epoxide rings is 1. The fourth-order valence-corrected chi connectivity index (χ4v) is 7.47. The smallest absolute Gasteiger partial charge is 0.164 e. The molecule has 3 nitrogen and oxygen atoms in total. The van der Waals surface area contributed by atoms with Crippen LogP contribution in [-0.2, 0) is 9.53 Å². The van der Waals surface area contributed by atoms with Crippen LogP contribution in [0.5, 0.6) is 0 Å². The third-order valence-corrected chi connectivity index (χ3v) is 8.90. The Hall–Kier alpha value is -0.410. The lowest BCUT2D eigenvalue weighted by Crippen LogP contribution is -2.58. The van der Waals surface area contributed by atoms with Crippen LogP contribution in [0, 0.1) is 28.6 Å². The Bertz CT molecular complexity index is 545. The van der Waals surface area contributed by atoms with Gasteiger partial charge in [-0.15, -0.1) is 0 Å². The number of Topliss-reactive ketones (excluding diaryl/α,β-unsaturated/α-hetero) is 1. The molecule has 4 saturated carbocycles. The number of rotatable bonds is 0. The van der Waals surface area contributed by atoms with Gasteiger partial charge in [-0.3, -0.25) is 4.79 Å². The molecule has 0 amide bonds. The second-order valence-corrected chi connectivity index (χ2v) is 9.32. The van der Waals surface area contributed by atoms with Crippen molar-refractivity contribution in [2.45, 2.75) is 83.0 Å². The zero-order chi connectivity index (χ0) is 15.3. The molecule has 5 aliphatic rings. The van der Waals surface area contributed by atoms with Crippen molar-refractivity contribution >= 4 is 5.78 Å². The van der Waals surface area contributed by atoms with Gasteiger partial charge in [0.1, 0.15) is 11.7 Å². The lowest BCUT2D eigenvalue weighted by molar-refractivity contribution is -0.133. The zero-order valence-electron chi connectivity index (χ0n) is 13.8. The third kappa shape index (κ3) is 1.36. The first kappa shape index (κ1) is 14.0. The molecule has 0 radical (unpaired) electrons. The Morgan fingerprint density at radius 2 is 1.86 bits per heavy atom. The monoisotopic (exact) mass is 304 g/mol. The first-order chi connectivity index (χ1) is 10.4. The van der Waals surface area contributed by atoms with Crippen LogP contribution >= 0.6 is 0 Å². The topological polar surface area (TPSA) is 49.8 Å². The zero-order valence-corrected chi connectivity index (χ0v) is 13.8. The molecule has 3 heteroatoms. The lowest BCUT2D eigenvalue weighted by atomic mass is 9.45. The lowest BCUT2D eigenvalue weighted by Gasteiger charge is -2.59. The van der Waals surface area contributed by atoms with Gasteiger partial charge < -0.3 is 9.84 Å². The Balaban J connectivity index is 1.51. The number of fused-ring (bicyclic) bond motifs is 4. The van der Waals surface area contributed by atoms with Crippen LogP contribution < -0.4 is 0 Å². The maximum atomic E-state index is 12.1. The molecule has 5 fully saturated rings. The third-order valence-electron chi connectivity index (χ3n) is 8.90. The van der Waals surface area contributed by atoms with E-state index in [9.17, 15) is 9.90 Å². The van der Waals surface area contributed by atoms with Crippen molar-refractivity contribution in [2.24, 2.45) is 28.6 Å². The summed E-state index contributed by atoms with van der Waals surface area (Å²) < 4.78 is 6.09. The number of carbonyl (C=O) groups is 1. The Kier molecular flexibility index (Phi) is 2.52. The number of aliphatic hydroxyl groups is 1. The number of hydrogen-bond donors (Lipinski definition) is 1. The Labute approximate surface area is 132 Å². The van der Waals surface area contributed by atoms with Gasteiger partial charge in [0.25, 0.3) is 0 Å². The molecule has 1 saturated heterocycles. The first-order valence-electron chi connectivity index (χ1n) is 9.31. The summed E-state index contributed by atoms with van der Waals surface area (Å²) in [6.07, 6.45) is 8.42.